The predicted molar refractivity (Wildman–Crippen MR) is 87.8 cm³/mol. The third-order valence-electron chi connectivity index (χ3n) is 3.71. The Morgan fingerprint density at radius 3 is 2.83 bits per heavy atom. The first kappa shape index (κ1) is 15.2. The van der Waals surface area contributed by atoms with Crippen molar-refractivity contribution >= 4 is 27.9 Å². The van der Waals surface area contributed by atoms with Crippen LogP contribution in [0.15, 0.2) is 22.7 Å². The second-order valence-electron chi connectivity index (χ2n) is 5.32. The van der Waals surface area contributed by atoms with Crippen molar-refractivity contribution in [2.24, 2.45) is 0 Å². The van der Waals surface area contributed by atoms with Crippen molar-refractivity contribution in [1.82, 2.24) is 25.0 Å². The lowest BCUT2D eigenvalue weighted by Crippen LogP contribution is -1.96. The molecule has 0 aliphatic rings. The minimum atomic E-state index is -0.461. The van der Waals surface area contributed by atoms with Crippen molar-refractivity contribution in [3.63, 3.8) is 0 Å². The summed E-state index contributed by atoms with van der Waals surface area (Å²) in [6, 6.07) is 4.43. The third kappa shape index (κ3) is 2.47. The zero-order valence-corrected chi connectivity index (χ0v) is 14.3. The van der Waals surface area contributed by atoms with Gasteiger partial charge in [-0.15, -0.1) is 10.2 Å². The monoisotopic (exact) mass is 363 g/mol. The van der Waals surface area contributed by atoms with Gasteiger partial charge in [0, 0.05) is 17.0 Å². The zero-order chi connectivity index (χ0) is 16.8. The highest BCUT2D eigenvalue weighted by Gasteiger charge is 2.18. The summed E-state index contributed by atoms with van der Waals surface area (Å²) in [6.07, 6.45) is 0.581. The highest BCUT2D eigenvalue weighted by atomic mass is 35.5. The van der Waals surface area contributed by atoms with Crippen molar-refractivity contribution in [1.29, 1.82) is 0 Å². The molecule has 24 heavy (non-hydrogen) atoms. The molecule has 0 aliphatic carbocycles. The Morgan fingerprint density at radius 1 is 1.29 bits per heavy atom. The molecule has 6 nitrogen and oxygen atoms in total. The van der Waals surface area contributed by atoms with E-state index in [1.54, 1.807) is 16.6 Å². The van der Waals surface area contributed by atoms with Crippen molar-refractivity contribution in [2.75, 3.05) is 0 Å². The number of aromatic nitrogens is 5. The lowest BCUT2D eigenvalue weighted by molar-refractivity contribution is 0.392. The van der Waals surface area contributed by atoms with Crippen molar-refractivity contribution < 1.29 is 8.91 Å². The first-order chi connectivity index (χ1) is 11.5. The number of aryl methyl sites for hydroxylation is 2. The maximum Gasteiger partial charge on any atom is 0.234 e. The molecule has 0 amide bonds. The molecule has 4 aromatic rings. The minimum absolute atomic E-state index is 0.307. The molecule has 0 bridgehead atoms. The Kier molecular flexibility index (Phi) is 3.58. The van der Waals surface area contributed by atoms with Gasteiger partial charge < -0.3 is 4.52 Å². The minimum Gasteiger partial charge on any atom is -0.361 e. The van der Waals surface area contributed by atoms with Gasteiger partial charge in [0.05, 0.1) is 11.3 Å². The topological polar surface area (TPSA) is 69.1 Å². The summed E-state index contributed by atoms with van der Waals surface area (Å²) in [5, 5.41) is 17.7. The Morgan fingerprint density at radius 2 is 2.12 bits per heavy atom. The first-order valence-corrected chi connectivity index (χ1v) is 8.30. The molecule has 0 fully saturated rings. The van der Waals surface area contributed by atoms with E-state index in [2.05, 4.69) is 20.5 Å². The normalized spacial score (nSPS) is 11.5. The van der Waals surface area contributed by atoms with Crippen molar-refractivity contribution in [3.8, 4) is 11.4 Å². The van der Waals surface area contributed by atoms with Gasteiger partial charge in [-0.25, -0.2) is 4.39 Å². The number of benzene rings is 1. The summed E-state index contributed by atoms with van der Waals surface area (Å²) in [7, 11) is 0. The highest BCUT2D eigenvalue weighted by molar-refractivity contribution is 7.16. The molecule has 3 aromatic heterocycles. The standard InChI is InChI=1S/C15H11ClFN5OS/c1-7-11(8(2)23-21-7)6-13-20-22-14(18-19-15(22)24-13)10-4-3-9(16)5-12(10)17/h3-5H,6H2,1-2H3. The largest absolute Gasteiger partial charge is 0.361 e. The highest BCUT2D eigenvalue weighted by Crippen LogP contribution is 2.27. The van der Waals surface area contributed by atoms with E-state index < -0.39 is 5.82 Å². The Labute approximate surface area is 144 Å². The van der Waals surface area contributed by atoms with Crippen LogP contribution in [-0.2, 0) is 6.42 Å². The van der Waals surface area contributed by atoms with E-state index in [0.29, 0.717) is 27.8 Å². The maximum atomic E-state index is 14.1. The van der Waals surface area contributed by atoms with Gasteiger partial charge in [-0.05, 0) is 32.0 Å². The van der Waals surface area contributed by atoms with Crippen LogP contribution in [0.5, 0.6) is 0 Å². The van der Waals surface area contributed by atoms with Crippen LogP contribution < -0.4 is 0 Å². The van der Waals surface area contributed by atoms with Crippen LogP contribution >= 0.6 is 22.9 Å². The molecule has 9 heteroatoms. The fourth-order valence-electron chi connectivity index (χ4n) is 2.47. The number of nitrogens with zero attached hydrogens (tertiary/aromatic N) is 5. The van der Waals surface area contributed by atoms with Gasteiger partial charge in [0.15, 0.2) is 5.82 Å². The summed E-state index contributed by atoms with van der Waals surface area (Å²) in [5.41, 5.74) is 2.14. The van der Waals surface area contributed by atoms with Gasteiger partial charge in [-0.2, -0.15) is 9.61 Å². The van der Waals surface area contributed by atoms with E-state index >= 15 is 0 Å². The summed E-state index contributed by atoms with van der Waals surface area (Å²) in [4.78, 5) is 0.598. The van der Waals surface area contributed by atoms with Crippen LogP contribution in [0.2, 0.25) is 5.02 Å². The fraction of sp³-hybridized carbons (Fsp3) is 0.200. The molecule has 122 valence electrons. The quantitative estimate of drug-likeness (QED) is 0.553. The van der Waals surface area contributed by atoms with Crippen LogP contribution in [0, 0.1) is 19.7 Å². The third-order valence-corrected chi connectivity index (χ3v) is 4.85. The van der Waals surface area contributed by atoms with Crippen LogP contribution in [-0.4, -0.2) is 25.0 Å². The van der Waals surface area contributed by atoms with Gasteiger partial charge >= 0.3 is 0 Å². The Hall–Kier alpha value is -2.32. The number of hydrogen-bond donors (Lipinski definition) is 0. The van der Waals surface area contributed by atoms with E-state index in [0.717, 1.165) is 22.0 Å². The molecule has 0 saturated carbocycles. The van der Waals surface area contributed by atoms with Gasteiger partial charge in [0.25, 0.3) is 0 Å². The lowest BCUT2D eigenvalue weighted by atomic mass is 10.1. The molecule has 1 aromatic carbocycles. The molecule has 3 heterocycles. The summed E-state index contributed by atoms with van der Waals surface area (Å²) < 4.78 is 20.9. The van der Waals surface area contributed by atoms with Gasteiger partial charge in [-0.3, -0.25) is 0 Å². The first-order valence-electron chi connectivity index (χ1n) is 7.11. The molecule has 4 rings (SSSR count). The SMILES string of the molecule is Cc1noc(C)c1Cc1nn2c(-c3ccc(Cl)cc3F)nnc2s1. The molecule has 0 aliphatic heterocycles. The smallest absolute Gasteiger partial charge is 0.234 e. The van der Waals surface area contributed by atoms with E-state index in [-0.39, 0.29) is 0 Å². The fourth-order valence-corrected chi connectivity index (χ4v) is 3.48. The van der Waals surface area contributed by atoms with Crippen molar-refractivity contribution in [2.45, 2.75) is 20.3 Å². The number of rotatable bonds is 3. The lowest BCUT2D eigenvalue weighted by Gasteiger charge is -2.00. The van der Waals surface area contributed by atoms with Crippen molar-refractivity contribution in [3.05, 3.63) is 51.1 Å². The molecule has 0 saturated heterocycles. The molecule has 0 unspecified atom stereocenters. The average Bonchev–Trinajstić information content (AvgIpc) is 3.18. The predicted octanol–water partition coefficient (Wildman–Crippen LogP) is 3.84. The number of halogens is 2. The summed E-state index contributed by atoms with van der Waals surface area (Å²) >= 11 is 7.20. The van der Waals surface area contributed by atoms with E-state index in [1.807, 2.05) is 13.8 Å². The van der Waals surface area contributed by atoms with E-state index in [4.69, 9.17) is 16.1 Å². The summed E-state index contributed by atoms with van der Waals surface area (Å²) in [5.74, 6) is 0.653. The molecule has 0 N–H and O–H groups in total. The zero-order valence-electron chi connectivity index (χ0n) is 12.7. The van der Waals surface area contributed by atoms with Crippen LogP contribution in [0.25, 0.3) is 16.3 Å². The van der Waals surface area contributed by atoms with Gasteiger partial charge in [0.1, 0.15) is 16.6 Å². The summed E-state index contributed by atoms with van der Waals surface area (Å²) in [6.45, 7) is 3.75. The van der Waals surface area contributed by atoms with E-state index in [9.17, 15) is 4.39 Å². The second-order valence-corrected chi connectivity index (χ2v) is 6.79. The molecule has 0 radical (unpaired) electrons. The Bertz CT molecular complexity index is 1030. The number of fused-ring (bicyclic) bond motifs is 1. The molecule has 0 spiro atoms. The molecular weight excluding hydrogens is 353 g/mol. The maximum absolute atomic E-state index is 14.1. The van der Waals surface area contributed by atoms with Crippen LogP contribution in [0.4, 0.5) is 4.39 Å². The molecule has 0 atom stereocenters. The van der Waals surface area contributed by atoms with Crippen LogP contribution in [0.3, 0.4) is 0 Å². The Balaban J connectivity index is 1.76. The van der Waals surface area contributed by atoms with Crippen LogP contribution in [0.1, 0.15) is 22.0 Å². The van der Waals surface area contributed by atoms with E-state index in [1.165, 1.54) is 17.4 Å². The van der Waals surface area contributed by atoms with Gasteiger partial charge in [-0.1, -0.05) is 28.1 Å². The molecular formula is C15H11ClFN5OS. The van der Waals surface area contributed by atoms with Gasteiger partial charge in [0.2, 0.25) is 4.96 Å². The average molecular weight is 364 g/mol. The second kappa shape index (κ2) is 5.64. The number of hydrogen-bond acceptors (Lipinski definition) is 6.